The molecule has 2 aromatic rings. The van der Waals surface area contributed by atoms with E-state index in [1.54, 1.807) is 0 Å². The van der Waals surface area contributed by atoms with Crippen molar-refractivity contribution < 1.29 is 0 Å². The van der Waals surface area contributed by atoms with E-state index in [-0.39, 0.29) is 0 Å². The maximum absolute atomic E-state index is 4.29. The third-order valence-corrected chi connectivity index (χ3v) is 3.61. The van der Waals surface area contributed by atoms with Crippen molar-refractivity contribution in [3.8, 4) is 0 Å². The standard InChI is InChI=1S/C13H18BrN3/c1-3-16(4-2)7-8-17-6-5-11-9-13(14)15-10-12(11)17/h5-6,9-10H,3-4,7-8H2,1-2H3. The number of halogens is 1. The second kappa shape index (κ2) is 5.65. The highest BCUT2D eigenvalue weighted by molar-refractivity contribution is 9.10. The van der Waals surface area contributed by atoms with E-state index in [0.29, 0.717) is 0 Å². The first-order chi connectivity index (χ1) is 8.24. The van der Waals surface area contributed by atoms with Gasteiger partial charge in [0.1, 0.15) is 4.60 Å². The summed E-state index contributed by atoms with van der Waals surface area (Å²) in [4.78, 5) is 6.72. The summed E-state index contributed by atoms with van der Waals surface area (Å²) in [5.74, 6) is 0. The van der Waals surface area contributed by atoms with Crippen molar-refractivity contribution >= 4 is 26.8 Å². The molecule has 0 spiro atoms. The van der Waals surface area contributed by atoms with Crippen LogP contribution in [-0.4, -0.2) is 34.1 Å². The fourth-order valence-corrected chi connectivity index (χ4v) is 2.39. The molecule has 0 aliphatic heterocycles. The molecule has 2 aromatic heterocycles. The Bertz CT molecular complexity index is 488. The van der Waals surface area contributed by atoms with Crippen LogP contribution in [0.4, 0.5) is 0 Å². The lowest BCUT2D eigenvalue weighted by atomic mass is 10.3. The summed E-state index contributed by atoms with van der Waals surface area (Å²) in [6.07, 6.45) is 4.07. The van der Waals surface area contributed by atoms with Crippen molar-refractivity contribution in [2.24, 2.45) is 0 Å². The van der Waals surface area contributed by atoms with Crippen molar-refractivity contribution in [2.45, 2.75) is 20.4 Å². The van der Waals surface area contributed by atoms with E-state index < -0.39 is 0 Å². The number of hydrogen-bond acceptors (Lipinski definition) is 2. The van der Waals surface area contributed by atoms with E-state index in [0.717, 1.165) is 30.8 Å². The number of nitrogens with zero attached hydrogens (tertiary/aromatic N) is 3. The molecule has 0 unspecified atom stereocenters. The van der Waals surface area contributed by atoms with E-state index in [9.17, 15) is 0 Å². The minimum Gasteiger partial charge on any atom is -0.345 e. The number of aromatic nitrogens is 2. The molecule has 0 fully saturated rings. The average molecular weight is 296 g/mol. The monoisotopic (exact) mass is 295 g/mol. The summed E-state index contributed by atoms with van der Waals surface area (Å²) in [6, 6.07) is 4.20. The molecule has 92 valence electrons. The molecule has 0 atom stereocenters. The molecule has 0 bridgehead atoms. The van der Waals surface area contributed by atoms with Crippen LogP contribution in [0, 0.1) is 0 Å². The van der Waals surface area contributed by atoms with E-state index in [1.807, 2.05) is 6.20 Å². The minimum atomic E-state index is 0.895. The van der Waals surface area contributed by atoms with Crippen molar-refractivity contribution in [3.63, 3.8) is 0 Å². The molecule has 0 N–H and O–H groups in total. The van der Waals surface area contributed by atoms with Gasteiger partial charge in [-0.3, -0.25) is 0 Å². The predicted octanol–water partition coefficient (Wildman–Crippen LogP) is 3.14. The van der Waals surface area contributed by atoms with Crippen LogP contribution in [0.3, 0.4) is 0 Å². The van der Waals surface area contributed by atoms with Gasteiger partial charge in [-0.15, -0.1) is 0 Å². The molecule has 0 radical (unpaired) electrons. The molecule has 0 aliphatic carbocycles. The van der Waals surface area contributed by atoms with E-state index in [2.05, 4.69) is 62.6 Å². The van der Waals surface area contributed by atoms with Gasteiger partial charge in [0.05, 0.1) is 11.7 Å². The Hall–Kier alpha value is -0.870. The fraction of sp³-hybridized carbons (Fsp3) is 0.462. The Kier molecular flexibility index (Phi) is 4.18. The van der Waals surface area contributed by atoms with Crippen molar-refractivity contribution in [2.75, 3.05) is 19.6 Å². The average Bonchev–Trinajstić information content (AvgIpc) is 2.73. The zero-order valence-electron chi connectivity index (χ0n) is 10.4. The highest BCUT2D eigenvalue weighted by Gasteiger charge is 2.04. The molecule has 17 heavy (non-hydrogen) atoms. The SMILES string of the molecule is CCN(CC)CCn1ccc2cc(Br)ncc21. The maximum Gasteiger partial charge on any atom is 0.106 e. The van der Waals surface area contributed by atoms with Crippen LogP contribution >= 0.6 is 15.9 Å². The Balaban J connectivity index is 2.14. The van der Waals surface area contributed by atoms with Gasteiger partial charge in [0.25, 0.3) is 0 Å². The van der Waals surface area contributed by atoms with Gasteiger partial charge in [-0.05, 0) is 41.2 Å². The third kappa shape index (κ3) is 2.87. The molecule has 4 heteroatoms. The number of rotatable bonds is 5. The molecule has 0 saturated heterocycles. The van der Waals surface area contributed by atoms with Gasteiger partial charge in [0.2, 0.25) is 0 Å². The fourth-order valence-electron chi connectivity index (χ4n) is 2.04. The van der Waals surface area contributed by atoms with Gasteiger partial charge in [0.15, 0.2) is 0 Å². The second-order valence-electron chi connectivity index (χ2n) is 4.10. The normalized spacial score (nSPS) is 11.5. The van der Waals surface area contributed by atoms with E-state index in [1.165, 1.54) is 10.9 Å². The van der Waals surface area contributed by atoms with Crippen LogP contribution in [0.1, 0.15) is 13.8 Å². The topological polar surface area (TPSA) is 21.1 Å². The molecule has 0 aromatic carbocycles. The number of pyridine rings is 1. The Morgan fingerprint density at radius 2 is 2.12 bits per heavy atom. The van der Waals surface area contributed by atoms with Crippen molar-refractivity contribution in [1.82, 2.24) is 14.5 Å². The van der Waals surface area contributed by atoms with Gasteiger partial charge < -0.3 is 9.47 Å². The second-order valence-corrected chi connectivity index (χ2v) is 4.91. The molecule has 0 amide bonds. The number of fused-ring (bicyclic) bond motifs is 1. The quantitative estimate of drug-likeness (QED) is 0.790. The number of hydrogen-bond donors (Lipinski definition) is 0. The zero-order chi connectivity index (χ0) is 12.3. The van der Waals surface area contributed by atoms with Crippen molar-refractivity contribution in [3.05, 3.63) is 29.1 Å². The Labute approximate surface area is 111 Å². The molecule has 0 aliphatic rings. The summed E-state index contributed by atoms with van der Waals surface area (Å²) in [6.45, 7) is 8.74. The largest absolute Gasteiger partial charge is 0.345 e. The molecule has 2 heterocycles. The van der Waals surface area contributed by atoms with E-state index >= 15 is 0 Å². The zero-order valence-corrected chi connectivity index (χ0v) is 11.9. The van der Waals surface area contributed by atoms with Crippen LogP contribution in [0.25, 0.3) is 10.9 Å². The molecular weight excluding hydrogens is 278 g/mol. The van der Waals surface area contributed by atoms with E-state index in [4.69, 9.17) is 0 Å². The van der Waals surface area contributed by atoms with Crippen LogP contribution in [0.5, 0.6) is 0 Å². The maximum atomic E-state index is 4.29. The lowest BCUT2D eigenvalue weighted by Crippen LogP contribution is -2.26. The highest BCUT2D eigenvalue weighted by Crippen LogP contribution is 2.18. The van der Waals surface area contributed by atoms with Gasteiger partial charge in [-0.1, -0.05) is 13.8 Å². The van der Waals surface area contributed by atoms with Crippen LogP contribution in [0.2, 0.25) is 0 Å². The van der Waals surface area contributed by atoms with Gasteiger partial charge in [-0.25, -0.2) is 4.98 Å². The minimum absolute atomic E-state index is 0.895. The lowest BCUT2D eigenvalue weighted by Gasteiger charge is -2.18. The van der Waals surface area contributed by atoms with Crippen LogP contribution in [0.15, 0.2) is 29.1 Å². The Morgan fingerprint density at radius 1 is 1.35 bits per heavy atom. The summed E-state index contributed by atoms with van der Waals surface area (Å²) in [5.41, 5.74) is 1.21. The summed E-state index contributed by atoms with van der Waals surface area (Å²) < 4.78 is 3.17. The van der Waals surface area contributed by atoms with Gasteiger partial charge >= 0.3 is 0 Å². The molecular formula is C13H18BrN3. The first-order valence-electron chi connectivity index (χ1n) is 6.07. The van der Waals surface area contributed by atoms with Crippen molar-refractivity contribution in [1.29, 1.82) is 0 Å². The summed E-state index contributed by atoms with van der Waals surface area (Å²) in [7, 11) is 0. The highest BCUT2D eigenvalue weighted by atomic mass is 79.9. The summed E-state index contributed by atoms with van der Waals surface area (Å²) in [5, 5.41) is 1.24. The summed E-state index contributed by atoms with van der Waals surface area (Å²) >= 11 is 3.40. The first kappa shape index (κ1) is 12.6. The van der Waals surface area contributed by atoms with Crippen LogP contribution < -0.4 is 0 Å². The third-order valence-electron chi connectivity index (χ3n) is 3.18. The molecule has 3 nitrogen and oxygen atoms in total. The van der Waals surface area contributed by atoms with Gasteiger partial charge in [-0.2, -0.15) is 0 Å². The molecule has 2 rings (SSSR count). The Morgan fingerprint density at radius 3 is 2.82 bits per heavy atom. The first-order valence-corrected chi connectivity index (χ1v) is 6.86. The van der Waals surface area contributed by atoms with Crippen LogP contribution in [-0.2, 0) is 6.54 Å². The predicted molar refractivity (Wildman–Crippen MR) is 75.2 cm³/mol. The molecule has 0 saturated carbocycles. The smallest absolute Gasteiger partial charge is 0.106 e. The number of likely N-dealkylation sites (N-methyl/N-ethyl adjacent to an activating group) is 1. The lowest BCUT2D eigenvalue weighted by molar-refractivity contribution is 0.292. The van der Waals surface area contributed by atoms with Gasteiger partial charge in [0, 0.05) is 24.7 Å².